The Morgan fingerprint density at radius 1 is 1.30 bits per heavy atom. The normalized spacial score (nSPS) is 11.6. The van der Waals surface area contributed by atoms with Crippen molar-refractivity contribution in [3.05, 3.63) is 52.6 Å². The average Bonchev–Trinajstić information content (AvgIpc) is 2.55. The van der Waals surface area contributed by atoms with Crippen LogP contribution >= 0.6 is 0 Å². The number of carbonyl (C=O) groups excluding carboxylic acids is 1. The molecule has 2 rings (SSSR count). The van der Waals surface area contributed by atoms with E-state index < -0.39 is 4.92 Å². The maximum absolute atomic E-state index is 11.3. The number of carbonyl (C=O) groups is 1. The summed E-state index contributed by atoms with van der Waals surface area (Å²) in [5.74, 6) is 0.126. The molecule has 1 heterocycles. The zero-order valence-electron chi connectivity index (χ0n) is 12.9. The van der Waals surface area contributed by atoms with E-state index in [0.717, 1.165) is 0 Å². The van der Waals surface area contributed by atoms with Gasteiger partial charge in [0.15, 0.2) is 5.69 Å². The third-order valence-electron chi connectivity index (χ3n) is 3.21. The lowest BCUT2D eigenvalue weighted by Gasteiger charge is -2.14. The quantitative estimate of drug-likeness (QED) is 0.500. The minimum atomic E-state index is -0.461. The summed E-state index contributed by atoms with van der Waals surface area (Å²) >= 11 is 0. The highest BCUT2D eigenvalue weighted by Gasteiger charge is 2.18. The highest BCUT2D eigenvalue weighted by atomic mass is 16.6. The van der Waals surface area contributed by atoms with Crippen LogP contribution in [0, 0.1) is 10.1 Å². The van der Waals surface area contributed by atoms with Gasteiger partial charge in [0, 0.05) is 17.7 Å². The number of hydrogen-bond donors (Lipinski definition) is 1. The van der Waals surface area contributed by atoms with E-state index in [-0.39, 0.29) is 29.8 Å². The van der Waals surface area contributed by atoms with Crippen molar-refractivity contribution in [1.29, 1.82) is 0 Å². The molecule has 0 radical (unpaired) electrons. The molecule has 2 aromatic rings. The van der Waals surface area contributed by atoms with Crippen LogP contribution in [0.1, 0.15) is 13.3 Å². The van der Waals surface area contributed by atoms with E-state index in [1.165, 1.54) is 19.2 Å². The van der Waals surface area contributed by atoms with Gasteiger partial charge in [-0.05, 0) is 13.0 Å². The Morgan fingerprint density at radius 2 is 2.00 bits per heavy atom. The van der Waals surface area contributed by atoms with Crippen LogP contribution in [0.15, 0.2) is 42.5 Å². The van der Waals surface area contributed by atoms with Crippen LogP contribution in [0.2, 0.25) is 0 Å². The molecule has 120 valence electrons. The average molecular weight is 315 g/mol. The largest absolute Gasteiger partial charge is 0.469 e. The van der Waals surface area contributed by atoms with Gasteiger partial charge in [0.25, 0.3) is 5.69 Å². The Labute approximate surface area is 133 Å². The van der Waals surface area contributed by atoms with Gasteiger partial charge in [0.2, 0.25) is 0 Å². The lowest BCUT2D eigenvalue weighted by molar-refractivity contribution is -0.384. The van der Waals surface area contributed by atoms with Crippen LogP contribution in [0.25, 0.3) is 11.3 Å². The molecule has 1 aromatic heterocycles. The lowest BCUT2D eigenvalue weighted by atomic mass is 10.1. The van der Waals surface area contributed by atoms with Crippen LogP contribution in [-0.4, -0.2) is 29.0 Å². The number of nitrogens with one attached hydrogen (secondary N) is 1. The second kappa shape index (κ2) is 7.35. The molecule has 7 nitrogen and oxygen atoms in total. The zero-order chi connectivity index (χ0) is 16.8. The maximum atomic E-state index is 11.3. The molecule has 0 amide bonds. The first-order chi connectivity index (χ1) is 11.0. The number of pyridine rings is 1. The predicted octanol–water partition coefficient (Wildman–Crippen LogP) is 3.02. The number of nitrogens with zero attached hydrogens (tertiary/aromatic N) is 2. The van der Waals surface area contributed by atoms with Crippen molar-refractivity contribution in [3.63, 3.8) is 0 Å². The Balaban J connectivity index is 2.30. The smallest absolute Gasteiger partial charge is 0.307 e. The van der Waals surface area contributed by atoms with Crippen molar-refractivity contribution in [2.45, 2.75) is 19.4 Å². The Morgan fingerprint density at radius 3 is 2.61 bits per heavy atom. The van der Waals surface area contributed by atoms with E-state index >= 15 is 0 Å². The zero-order valence-corrected chi connectivity index (χ0v) is 12.9. The summed E-state index contributed by atoms with van der Waals surface area (Å²) < 4.78 is 4.61. The summed E-state index contributed by atoms with van der Waals surface area (Å²) in [6.07, 6.45) is 0.176. The fourth-order valence-corrected chi connectivity index (χ4v) is 2.12. The van der Waals surface area contributed by atoms with Crippen LogP contribution < -0.4 is 5.32 Å². The van der Waals surface area contributed by atoms with Gasteiger partial charge in [-0.15, -0.1) is 0 Å². The van der Waals surface area contributed by atoms with E-state index in [9.17, 15) is 14.9 Å². The first-order valence-electron chi connectivity index (χ1n) is 7.05. The van der Waals surface area contributed by atoms with Gasteiger partial charge in [-0.1, -0.05) is 30.3 Å². The molecule has 0 saturated heterocycles. The van der Waals surface area contributed by atoms with E-state index in [0.29, 0.717) is 11.4 Å². The van der Waals surface area contributed by atoms with Crippen LogP contribution in [0.5, 0.6) is 0 Å². The second-order valence-corrected chi connectivity index (χ2v) is 5.01. The van der Waals surface area contributed by atoms with Gasteiger partial charge in [0.1, 0.15) is 5.82 Å². The molecule has 7 heteroatoms. The Bertz CT molecular complexity index is 704. The van der Waals surface area contributed by atoms with Crippen molar-refractivity contribution < 1.29 is 14.5 Å². The van der Waals surface area contributed by atoms with Crippen LogP contribution in [0.3, 0.4) is 0 Å². The molecular formula is C16H17N3O4. The molecule has 1 aromatic carbocycles. The number of aromatic nitrogens is 1. The summed E-state index contributed by atoms with van der Waals surface area (Å²) in [7, 11) is 1.33. The van der Waals surface area contributed by atoms with Gasteiger partial charge in [0.05, 0.1) is 18.5 Å². The number of hydrogen-bond acceptors (Lipinski definition) is 6. The topological polar surface area (TPSA) is 94.4 Å². The summed E-state index contributed by atoms with van der Waals surface area (Å²) in [6.45, 7) is 1.81. The predicted molar refractivity (Wildman–Crippen MR) is 86.0 cm³/mol. The summed E-state index contributed by atoms with van der Waals surface area (Å²) in [5, 5.41) is 14.2. The number of benzene rings is 1. The Kier molecular flexibility index (Phi) is 5.24. The highest BCUT2D eigenvalue weighted by Crippen LogP contribution is 2.29. The molecule has 0 fully saturated rings. The molecule has 0 aliphatic heterocycles. The maximum Gasteiger partial charge on any atom is 0.307 e. The first-order valence-corrected chi connectivity index (χ1v) is 7.05. The minimum absolute atomic E-state index is 0.0672. The number of nitro groups is 1. The summed E-state index contributed by atoms with van der Waals surface area (Å²) in [6, 6.07) is 11.7. The Hall–Kier alpha value is -2.96. The molecule has 1 unspecified atom stereocenters. The summed E-state index contributed by atoms with van der Waals surface area (Å²) in [5.41, 5.74) is 0.872. The highest BCUT2D eigenvalue weighted by molar-refractivity contribution is 5.72. The fourth-order valence-electron chi connectivity index (χ4n) is 2.12. The van der Waals surface area contributed by atoms with Gasteiger partial charge in [-0.25, -0.2) is 4.98 Å². The van der Waals surface area contributed by atoms with Gasteiger partial charge in [-0.2, -0.15) is 0 Å². The van der Waals surface area contributed by atoms with E-state index in [2.05, 4.69) is 15.0 Å². The standard InChI is InChI=1S/C16H17N3O4/c1-11(10-15(20)23-2)17-14-9-8-13(19(21)22)16(18-14)12-6-4-3-5-7-12/h3-9,11H,10H2,1-2H3,(H,17,18). The lowest BCUT2D eigenvalue weighted by Crippen LogP contribution is -2.21. The molecular weight excluding hydrogens is 298 g/mol. The molecule has 0 saturated carbocycles. The number of ether oxygens (including phenoxy) is 1. The van der Waals surface area contributed by atoms with E-state index in [1.807, 2.05) is 13.0 Å². The molecule has 0 aliphatic rings. The third kappa shape index (κ3) is 4.26. The van der Waals surface area contributed by atoms with Crippen molar-refractivity contribution in [2.24, 2.45) is 0 Å². The van der Waals surface area contributed by atoms with Gasteiger partial charge < -0.3 is 10.1 Å². The van der Waals surface area contributed by atoms with E-state index in [1.54, 1.807) is 24.3 Å². The third-order valence-corrected chi connectivity index (χ3v) is 3.21. The van der Waals surface area contributed by atoms with Gasteiger partial charge >= 0.3 is 5.97 Å². The fraction of sp³-hybridized carbons (Fsp3) is 0.250. The minimum Gasteiger partial charge on any atom is -0.469 e. The summed E-state index contributed by atoms with van der Waals surface area (Å²) in [4.78, 5) is 26.3. The SMILES string of the molecule is COC(=O)CC(C)Nc1ccc([N+](=O)[O-])c(-c2ccccc2)n1. The molecule has 0 aliphatic carbocycles. The van der Waals surface area contributed by atoms with Crippen molar-refractivity contribution in [1.82, 2.24) is 4.98 Å². The molecule has 1 atom stereocenters. The van der Waals surface area contributed by atoms with Crippen LogP contribution in [-0.2, 0) is 9.53 Å². The first kappa shape index (κ1) is 16.4. The van der Waals surface area contributed by atoms with Crippen molar-refractivity contribution in [2.75, 3.05) is 12.4 Å². The number of esters is 1. The van der Waals surface area contributed by atoms with Crippen molar-refractivity contribution >= 4 is 17.5 Å². The van der Waals surface area contributed by atoms with Crippen molar-refractivity contribution in [3.8, 4) is 11.3 Å². The molecule has 0 spiro atoms. The van der Waals surface area contributed by atoms with E-state index in [4.69, 9.17) is 0 Å². The van der Waals surface area contributed by atoms with Crippen LogP contribution in [0.4, 0.5) is 11.5 Å². The molecule has 0 bridgehead atoms. The number of methoxy groups -OCH3 is 1. The van der Waals surface area contributed by atoms with Gasteiger partial charge in [-0.3, -0.25) is 14.9 Å². The molecule has 23 heavy (non-hydrogen) atoms. The number of rotatable bonds is 6. The second-order valence-electron chi connectivity index (χ2n) is 5.01. The number of anilines is 1. The monoisotopic (exact) mass is 315 g/mol. The molecule has 1 N–H and O–H groups in total.